The molecule has 41 heavy (non-hydrogen) atoms. The molecule has 0 spiro atoms. The van der Waals surface area contributed by atoms with Crippen LogP contribution in [0.3, 0.4) is 0 Å². The number of para-hydroxylation sites is 3. The fourth-order valence-corrected chi connectivity index (χ4v) is 5.21. The number of Topliss-reactive ketones (excluding diaryl/α,β-unsaturated/α-hetero) is 1. The van der Waals surface area contributed by atoms with E-state index in [4.69, 9.17) is 5.11 Å². The SMILES string of the molecule is CC(C)(C)C(=O)CN1C(=O)C(NC(=O)Nc2cccc(S(=O)CC(=O)O)c2)CN(c2ccccc2)c2ccccc21. The van der Waals surface area contributed by atoms with E-state index in [2.05, 4.69) is 10.6 Å². The fourth-order valence-electron chi connectivity index (χ4n) is 4.33. The zero-order valence-corrected chi connectivity index (χ0v) is 23.8. The second kappa shape index (κ2) is 12.3. The number of aliphatic carboxylic acids is 1. The normalized spacial score (nSPS) is 15.9. The third-order valence-corrected chi connectivity index (χ3v) is 7.80. The van der Waals surface area contributed by atoms with Crippen molar-refractivity contribution in [1.82, 2.24) is 5.32 Å². The molecule has 1 heterocycles. The lowest BCUT2D eigenvalue weighted by atomic mass is 9.90. The maximum absolute atomic E-state index is 14.0. The van der Waals surface area contributed by atoms with Gasteiger partial charge in [-0.05, 0) is 42.5 Å². The first-order valence-electron chi connectivity index (χ1n) is 13.0. The number of urea groups is 1. The van der Waals surface area contributed by atoms with Gasteiger partial charge in [-0.25, -0.2) is 4.79 Å². The molecule has 10 nitrogen and oxygen atoms in total. The second-order valence-corrected chi connectivity index (χ2v) is 12.0. The second-order valence-electron chi connectivity index (χ2n) is 10.6. The van der Waals surface area contributed by atoms with Crippen molar-refractivity contribution >= 4 is 57.2 Å². The summed E-state index contributed by atoms with van der Waals surface area (Å²) in [5, 5.41) is 14.3. The van der Waals surface area contributed by atoms with Crippen LogP contribution < -0.4 is 20.4 Å². The average Bonchev–Trinajstić information content (AvgIpc) is 3.03. The Hall–Kier alpha value is -4.51. The molecule has 3 amide bonds. The summed E-state index contributed by atoms with van der Waals surface area (Å²) in [5.74, 6) is -2.35. The molecule has 3 N–H and O–H groups in total. The summed E-state index contributed by atoms with van der Waals surface area (Å²) in [6, 6.07) is 21.1. The average molecular weight is 577 g/mol. The van der Waals surface area contributed by atoms with Crippen LogP contribution in [0.15, 0.2) is 83.8 Å². The first-order chi connectivity index (χ1) is 19.4. The number of benzene rings is 3. The highest BCUT2D eigenvalue weighted by molar-refractivity contribution is 7.85. The molecule has 0 saturated heterocycles. The summed E-state index contributed by atoms with van der Waals surface area (Å²) >= 11 is 0. The molecular weight excluding hydrogens is 544 g/mol. The van der Waals surface area contributed by atoms with Crippen molar-refractivity contribution in [2.45, 2.75) is 31.7 Å². The van der Waals surface area contributed by atoms with Gasteiger partial charge in [0, 0.05) is 21.7 Å². The predicted octanol–water partition coefficient (Wildman–Crippen LogP) is 4.17. The van der Waals surface area contributed by atoms with Gasteiger partial charge < -0.3 is 25.5 Å². The van der Waals surface area contributed by atoms with Crippen molar-refractivity contribution in [3.05, 3.63) is 78.9 Å². The van der Waals surface area contributed by atoms with E-state index in [0.29, 0.717) is 11.4 Å². The molecule has 0 saturated carbocycles. The van der Waals surface area contributed by atoms with Gasteiger partial charge in [-0.3, -0.25) is 18.6 Å². The first-order valence-corrected chi connectivity index (χ1v) is 14.3. The van der Waals surface area contributed by atoms with Crippen LogP contribution in [0.25, 0.3) is 0 Å². The van der Waals surface area contributed by atoms with E-state index in [1.165, 1.54) is 17.0 Å². The predicted molar refractivity (Wildman–Crippen MR) is 158 cm³/mol. The van der Waals surface area contributed by atoms with Crippen LogP contribution in [0.1, 0.15) is 20.8 Å². The van der Waals surface area contributed by atoms with Crippen LogP contribution >= 0.6 is 0 Å². The van der Waals surface area contributed by atoms with Crippen molar-refractivity contribution in [2.24, 2.45) is 5.41 Å². The molecule has 2 unspecified atom stereocenters. The van der Waals surface area contributed by atoms with E-state index >= 15 is 0 Å². The quantitative estimate of drug-likeness (QED) is 0.366. The van der Waals surface area contributed by atoms with E-state index in [-0.39, 0.29) is 29.5 Å². The minimum atomic E-state index is -1.79. The monoisotopic (exact) mass is 576 g/mol. The minimum absolute atomic E-state index is 0.0934. The van der Waals surface area contributed by atoms with E-state index in [1.807, 2.05) is 47.4 Å². The van der Waals surface area contributed by atoms with Crippen molar-refractivity contribution < 1.29 is 28.5 Å². The van der Waals surface area contributed by atoms with E-state index in [0.717, 1.165) is 5.69 Å². The van der Waals surface area contributed by atoms with Crippen LogP contribution in [-0.4, -0.2) is 57.9 Å². The van der Waals surface area contributed by atoms with Gasteiger partial charge in [-0.2, -0.15) is 0 Å². The molecule has 0 aliphatic carbocycles. The number of carboxylic acids is 1. The third-order valence-electron chi connectivity index (χ3n) is 6.51. The highest BCUT2D eigenvalue weighted by atomic mass is 32.2. The zero-order chi connectivity index (χ0) is 29.7. The van der Waals surface area contributed by atoms with E-state index in [9.17, 15) is 23.4 Å². The van der Waals surface area contributed by atoms with Crippen LogP contribution in [0.2, 0.25) is 0 Å². The first kappa shape index (κ1) is 29.5. The molecular formula is C30H32N4O6S. The summed E-state index contributed by atoms with van der Waals surface area (Å²) in [4.78, 5) is 54.8. The summed E-state index contributed by atoms with van der Waals surface area (Å²) < 4.78 is 12.3. The van der Waals surface area contributed by atoms with Gasteiger partial charge in [-0.15, -0.1) is 0 Å². The minimum Gasteiger partial charge on any atom is -0.481 e. The largest absolute Gasteiger partial charge is 0.481 e. The van der Waals surface area contributed by atoms with Gasteiger partial charge >= 0.3 is 12.0 Å². The number of fused-ring (bicyclic) bond motifs is 1. The van der Waals surface area contributed by atoms with Gasteiger partial charge in [0.05, 0.1) is 35.3 Å². The number of carbonyl (C=O) groups is 4. The number of nitrogens with one attached hydrogen (secondary N) is 2. The number of carbonyl (C=O) groups excluding carboxylic acids is 3. The Morgan fingerprint density at radius 3 is 2.27 bits per heavy atom. The van der Waals surface area contributed by atoms with Crippen molar-refractivity contribution in [2.75, 3.05) is 34.0 Å². The molecule has 3 aromatic rings. The molecule has 0 fully saturated rings. The van der Waals surface area contributed by atoms with Gasteiger partial charge in [0.2, 0.25) is 0 Å². The number of ketones is 1. The molecule has 2 atom stereocenters. The molecule has 0 radical (unpaired) electrons. The van der Waals surface area contributed by atoms with Crippen LogP contribution in [-0.2, 0) is 25.2 Å². The molecule has 1 aliphatic rings. The number of hydrogen-bond donors (Lipinski definition) is 3. The lowest BCUT2D eigenvalue weighted by Gasteiger charge is -2.28. The van der Waals surface area contributed by atoms with Crippen LogP contribution in [0.5, 0.6) is 0 Å². The standard InChI is InChI=1S/C30H32N4O6S/c1-30(2,3)26(35)18-34-25-15-8-7-14-24(25)33(21-11-5-4-6-12-21)17-23(28(34)38)32-29(39)31-20-10-9-13-22(16-20)41(40)19-27(36)37/h4-16,23H,17-19H2,1-3H3,(H,36,37)(H2,31,32,39). The third kappa shape index (κ3) is 7.17. The van der Waals surface area contributed by atoms with Crippen molar-refractivity contribution in [3.63, 3.8) is 0 Å². The molecule has 0 bridgehead atoms. The Kier molecular flexibility index (Phi) is 8.87. The molecule has 11 heteroatoms. The highest BCUT2D eigenvalue weighted by Crippen LogP contribution is 2.37. The van der Waals surface area contributed by atoms with Gasteiger partial charge in [0.25, 0.3) is 5.91 Å². The zero-order valence-electron chi connectivity index (χ0n) is 23.0. The number of amides is 3. The fraction of sp³-hybridized carbons (Fsp3) is 0.267. The smallest absolute Gasteiger partial charge is 0.319 e. The maximum atomic E-state index is 14.0. The Morgan fingerprint density at radius 2 is 1.61 bits per heavy atom. The molecule has 3 aromatic carbocycles. The van der Waals surface area contributed by atoms with Crippen LogP contribution in [0, 0.1) is 5.41 Å². The van der Waals surface area contributed by atoms with Gasteiger partial charge in [0.15, 0.2) is 5.78 Å². The number of nitrogens with zero attached hydrogens (tertiary/aromatic N) is 2. The summed E-state index contributed by atoms with van der Waals surface area (Å²) in [5.41, 5.74) is 1.66. The molecule has 1 aliphatic heterocycles. The molecule has 4 rings (SSSR count). The Morgan fingerprint density at radius 1 is 0.951 bits per heavy atom. The molecule has 0 aromatic heterocycles. The summed E-state index contributed by atoms with van der Waals surface area (Å²) in [6.07, 6.45) is 0. The summed E-state index contributed by atoms with van der Waals surface area (Å²) in [7, 11) is -1.79. The van der Waals surface area contributed by atoms with E-state index in [1.54, 1.807) is 45.0 Å². The van der Waals surface area contributed by atoms with Gasteiger partial charge in [0.1, 0.15) is 11.8 Å². The molecule has 214 valence electrons. The Bertz CT molecular complexity index is 1490. The number of rotatable bonds is 8. The van der Waals surface area contributed by atoms with Crippen LogP contribution in [0.4, 0.5) is 27.5 Å². The Labute approximate surface area is 240 Å². The van der Waals surface area contributed by atoms with Gasteiger partial charge in [-0.1, -0.05) is 57.2 Å². The number of anilines is 4. The number of hydrogen-bond acceptors (Lipinski definition) is 6. The van der Waals surface area contributed by atoms with Crippen molar-refractivity contribution in [1.29, 1.82) is 0 Å². The topological polar surface area (TPSA) is 136 Å². The maximum Gasteiger partial charge on any atom is 0.319 e. The lowest BCUT2D eigenvalue weighted by Crippen LogP contribution is -2.54. The van der Waals surface area contributed by atoms with E-state index < -0.39 is 45.9 Å². The highest BCUT2D eigenvalue weighted by Gasteiger charge is 2.37. The summed E-state index contributed by atoms with van der Waals surface area (Å²) in [6.45, 7) is 5.30. The number of carboxylic acid groups (broad SMARTS) is 1. The van der Waals surface area contributed by atoms with Crippen molar-refractivity contribution in [3.8, 4) is 0 Å². The Balaban J connectivity index is 1.65. The lowest BCUT2D eigenvalue weighted by molar-refractivity contribution is -0.134.